The minimum atomic E-state index is 0.936. The van der Waals surface area contributed by atoms with Crippen molar-refractivity contribution in [3.05, 3.63) is 35.2 Å². The zero-order valence-electron chi connectivity index (χ0n) is 5.11. The van der Waals surface area contributed by atoms with Crippen LogP contribution in [0, 0.1) is 0 Å². The van der Waals surface area contributed by atoms with E-state index in [1.807, 2.05) is 18.4 Å². The Labute approximate surface area is 62.7 Å². The number of allylic oxidation sites excluding steroid dienone is 2. The molecular weight excluding hydrogens is 146 g/mol. The molecule has 0 aromatic heterocycles. The molecule has 1 N–H and O–H groups in total. The Hall–Kier alpha value is -1.03. The topological polar surface area (TPSA) is 36.8 Å². The monoisotopic (exact) mass is 151 g/mol. The van der Waals surface area contributed by atoms with E-state index in [2.05, 4.69) is 15.0 Å². The fourth-order valence-corrected chi connectivity index (χ4v) is 1.32. The van der Waals surface area contributed by atoms with E-state index < -0.39 is 0 Å². The number of nitrogens with zero attached hydrogens (tertiary/aromatic N) is 2. The molecule has 0 aliphatic carbocycles. The Morgan fingerprint density at radius 1 is 1.50 bits per heavy atom. The maximum atomic E-state index is 3.90. The number of fused-ring (bicyclic) bond motifs is 1. The van der Waals surface area contributed by atoms with Gasteiger partial charge in [-0.2, -0.15) is 5.11 Å². The fourth-order valence-electron chi connectivity index (χ4n) is 0.729. The molecular formula is C6H5N3S. The molecule has 0 radical (unpaired) electrons. The third-order valence-corrected chi connectivity index (χ3v) is 1.97. The standard InChI is InChI=1S/C6H5N3S/c1-2-5-6(4-7-9-5)10-8-3-1/h1-4,8H. The van der Waals surface area contributed by atoms with Gasteiger partial charge in [-0.15, -0.1) is 5.11 Å². The largest absolute Gasteiger partial charge is 0.332 e. The van der Waals surface area contributed by atoms with Crippen LogP contribution in [-0.2, 0) is 0 Å². The fraction of sp³-hybridized carbons (Fsp3) is 0. The summed E-state index contributed by atoms with van der Waals surface area (Å²) in [5.41, 5.74) is 0.936. The van der Waals surface area contributed by atoms with Gasteiger partial charge in [-0.25, -0.2) is 0 Å². The summed E-state index contributed by atoms with van der Waals surface area (Å²) in [6.07, 6.45) is 7.45. The highest BCUT2D eigenvalue weighted by atomic mass is 32.2. The van der Waals surface area contributed by atoms with Crippen LogP contribution in [0.3, 0.4) is 0 Å². The number of rotatable bonds is 0. The normalized spacial score (nSPS) is 20.8. The molecule has 0 fully saturated rings. The molecule has 0 saturated carbocycles. The number of hydrogen-bond acceptors (Lipinski definition) is 4. The number of azo groups is 1. The maximum absolute atomic E-state index is 3.90. The molecule has 2 aliphatic rings. The molecule has 0 atom stereocenters. The molecule has 0 spiro atoms. The van der Waals surface area contributed by atoms with Gasteiger partial charge in [0, 0.05) is 6.20 Å². The molecule has 50 valence electrons. The van der Waals surface area contributed by atoms with Crippen molar-refractivity contribution >= 4 is 11.9 Å². The first kappa shape index (κ1) is 5.73. The molecule has 0 saturated heterocycles. The van der Waals surface area contributed by atoms with E-state index in [1.165, 1.54) is 11.9 Å². The van der Waals surface area contributed by atoms with Crippen molar-refractivity contribution in [3.8, 4) is 0 Å². The minimum Gasteiger partial charge on any atom is -0.332 e. The lowest BCUT2D eigenvalue weighted by atomic mass is 10.4. The Balaban J connectivity index is 2.36. The van der Waals surface area contributed by atoms with E-state index >= 15 is 0 Å². The van der Waals surface area contributed by atoms with Crippen LogP contribution in [0.1, 0.15) is 0 Å². The second-order valence-electron chi connectivity index (χ2n) is 1.84. The minimum absolute atomic E-state index is 0.936. The van der Waals surface area contributed by atoms with Gasteiger partial charge in [-0.05, 0) is 24.1 Å². The SMILES string of the molecule is C1=CNSC2=CN=NC2=C1. The van der Waals surface area contributed by atoms with Crippen molar-refractivity contribution in [2.45, 2.75) is 0 Å². The van der Waals surface area contributed by atoms with Crippen LogP contribution in [0.4, 0.5) is 0 Å². The number of nitrogens with one attached hydrogen (secondary N) is 1. The first-order valence-electron chi connectivity index (χ1n) is 2.87. The lowest BCUT2D eigenvalue weighted by Gasteiger charge is -1.95. The molecule has 2 aliphatic heterocycles. The predicted molar refractivity (Wildman–Crippen MR) is 40.9 cm³/mol. The summed E-state index contributed by atoms with van der Waals surface area (Å²) in [5, 5.41) is 7.67. The highest BCUT2D eigenvalue weighted by Gasteiger charge is 2.09. The van der Waals surface area contributed by atoms with Crippen molar-refractivity contribution in [2.24, 2.45) is 10.2 Å². The van der Waals surface area contributed by atoms with Gasteiger partial charge in [0.2, 0.25) is 0 Å². The molecule has 0 amide bonds. The molecule has 0 unspecified atom stereocenters. The third-order valence-electron chi connectivity index (χ3n) is 1.18. The molecule has 3 nitrogen and oxygen atoms in total. The highest BCUT2D eigenvalue weighted by Crippen LogP contribution is 2.28. The van der Waals surface area contributed by atoms with Crippen LogP contribution >= 0.6 is 11.9 Å². The van der Waals surface area contributed by atoms with Crippen LogP contribution in [-0.4, -0.2) is 0 Å². The smallest absolute Gasteiger partial charge is 0.103 e. The second kappa shape index (κ2) is 2.30. The molecule has 2 rings (SSSR count). The van der Waals surface area contributed by atoms with Crippen LogP contribution in [0.15, 0.2) is 45.4 Å². The summed E-state index contributed by atoms with van der Waals surface area (Å²) in [6.45, 7) is 0. The molecule has 4 heteroatoms. The second-order valence-corrected chi connectivity index (χ2v) is 2.72. The van der Waals surface area contributed by atoms with Crippen molar-refractivity contribution in [2.75, 3.05) is 0 Å². The quantitative estimate of drug-likeness (QED) is 0.537. The average Bonchev–Trinajstić information content (AvgIpc) is 2.28. The van der Waals surface area contributed by atoms with Crippen LogP contribution in [0.2, 0.25) is 0 Å². The van der Waals surface area contributed by atoms with E-state index in [0.29, 0.717) is 0 Å². The molecule has 0 aromatic carbocycles. The third kappa shape index (κ3) is 0.863. The van der Waals surface area contributed by atoms with Crippen LogP contribution < -0.4 is 4.72 Å². The van der Waals surface area contributed by atoms with Gasteiger partial charge in [0.15, 0.2) is 0 Å². The van der Waals surface area contributed by atoms with E-state index in [-0.39, 0.29) is 0 Å². The van der Waals surface area contributed by atoms with Gasteiger partial charge in [-0.1, -0.05) is 0 Å². The molecule has 2 heterocycles. The van der Waals surface area contributed by atoms with Gasteiger partial charge < -0.3 is 4.72 Å². The summed E-state index contributed by atoms with van der Waals surface area (Å²) in [4.78, 5) is 1.07. The van der Waals surface area contributed by atoms with Crippen LogP contribution in [0.5, 0.6) is 0 Å². The summed E-state index contributed by atoms with van der Waals surface area (Å²) >= 11 is 1.52. The zero-order valence-corrected chi connectivity index (χ0v) is 5.93. The van der Waals surface area contributed by atoms with Gasteiger partial charge >= 0.3 is 0 Å². The molecule has 0 bridgehead atoms. The molecule has 10 heavy (non-hydrogen) atoms. The van der Waals surface area contributed by atoms with Crippen molar-refractivity contribution < 1.29 is 0 Å². The first-order chi connectivity index (χ1) is 4.97. The van der Waals surface area contributed by atoms with Gasteiger partial charge in [0.25, 0.3) is 0 Å². The van der Waals surface area contributed by atoms with Crippen molar-refractivity contribution in [1.82, 2.24) is 4.72 Å². The average molecular weight is 151 g/mol. The van der Waals surface area contributed by atoms with Crippen molar-refractivity contribution in [3.63, 3.8) is 0 Å². The lowest BCUT2D eigenvalue weighted by molar-refractivity contribution is 1.23. The zero-order chi connectivity index (χ0) is 6.81. The molecule has 0 aromatic rings. The summed E-state index contributed by atoms with van der Waals surface area (Å²) in [7, 11) is 0. The van der Waals surface area contributed by atoms with Gasteiger partial charge in [0.05, 0.1) is 11.1 Å². The van der Waals surface area contributed by atoms with E-state index in [9.17, 15) is 0 Å². The number of hydrogen-bond donors (Lipinski definition) is 1. The maximum Gasteiger partial charge on any atom is 0.103 e. The summed E-state index contributed by atoms with van der Waals surface area (Å²) in [6, 6.07) is 0. The van der Waals surface area contributed by atoms with E-state index in [4.69, 9.17) is 0 Å². The predicted octanol–water partition coefficient (Wildman–Crippen LogP) is 1.94. The highest BCUT2D eigenvalue weighted by molar-refractivity contribution is 8.01. The van der Waals surface area contributed by atoms with Crippen LogP contribution in [0.25, 0.3) is 0 Å². The Bertz CT molecular complexity index is 262. The Kier molecular flexibility index (Phi) is 1.32. The Morgan fingerprint density at radius 2 is 2.50 bits per heavy atom. The van der Waals surface area contributed by atoms with E-state index in [0.717, 1.165) is 10.6 Å². The Morgan fingerprint density at radius 3 is 3.50 bits per heavy atom. The van der Waals surface area contributed by atoms with Gasteiger partial charge in [-0.3, -0.25) is 0 Å². The first-order valence-corrected chi connectivity index (χ1v) is 3.69. The van der Waals surface area contributed by atoms with E-state index in [1.54, 1.807) is 6.20 Å². The summed E-state index contributed by atoms with van der Waals surface area (Å²) in [5.74, 6) is 0. The van der Waals surface area contributed by atoms with Crippen molar-refractivity contribution in [1.29, 1.82) is 0 Å². The van der Waals surface area contributed by atoms with Gasteiger partial charge in [0.1, 0.15) is 5.70 Å². The lowest BCUT2D eigenvalue weighted by Crippen LogP contribution is -1.88. The summed E-state index contributed by atoms with van der Waals surface area (Å²) < 4.78 is 3.01.